The van der Waals surface area contributed by atoms with Crippen molar-refractivity contribution in [2.45, 2.75) is 25.8 Å². The molecule has 0 heterocycles. The fourth-order valence-electron chi connectivity index (χ4n) is 0.952. The Morgan fingerprint density at radius 1 is 1.43 bits per heavy atom. The molecule has 0 bridgehead atoms. The molecular formula is C8H18ClNO3S. The topological polar surface area (TPSA) is 55.4 Å². The van der Waals surface area contributed by atoms with Crippen LogP contribution in [0.3, 0.4) is 0 Å². The first-order valence-corrected chi connectivity index (χ1v) is 6.58. The second-order valence-electron chi connectivity index (χ2n) is 3.74. The van der Waals surface area contributed by atoms with Crippen LogP contribution in [0.25, 0.3) is 0 Å². The van der Waals surface area contributed by atoms with Crippen molar-refractivity contribution >= 4 is 21.6 Å². The van der Waals surface area contributed by atoms with Crippen LogP contribution in [0.15, 0.2) is 0 Å². The maximum absolute atomic E-state index is 11.4. The van der Waals surface area contributed by atoms with Gasteiger partial charge in [-0.05, 0) is 20.3 Å². The van der Waals surface area contributed by atoms with Crippen LogP contribution in [0.2, 0.25) is 0 Å². The molecule has 0 amide bonds. The Kier molecular flexibility index (Phi) is 5.97. The predicted molar refractivity (Wildman–Crippen MR) is 58.2 cm³/mol. The van der Waals surface area contributed by atoms with Gasteiger partial charge in [0.25, 0.3) is 0 Å². The Hall–Kier alpha value is 0.160. The lowest BCUT2D eigenvalue weighted by Crippen LogP contribution is -2.45. The van der Waals surface area contributed by atoms with Crippen molar-refractivity contribution in [2.75, 3.05) is 25.3 Å². The highest BCUT2D eigenvalue weighted by Gasteiger charge is 2.23. The van der Waals surface area contributed by atoms with Gasteiger partial charge in [0.05, 0.1) is 12.4 Å². The molecule has 6 heteroatoms. The third kappa shape index (κ3) is 6.59. The summed E-state index contributed by atoms with van der Waals surface area (Å²) in [6.07, 6.45) is 0.598. The number of alkyl halides is 1. The Morgan fingerprint density at radius 2 is 2.00 bits per heavy atom. The van der Waals surface area contributed by atoms with Crippen molar-refractivity contribution in [3.05, 3.63) is 0 Å². The number of methoxy groups -OCH3 is 1. The van der Waals surface area contributed by atoms with E-state index in [1.807, 2.05) is 0 Å². The zero-order valence-electron chi connectivity index (χ0n) is 8.84. The van der Waals surface area contributed by atoms with E-state index >= 15 is 0 Å². The van der Waals surface area contributed by atoms with E-state index in [1.165, 1.54) is 7.11 Å². The second-order valence-corrected chi connectivity index (χ2v) is 5.96. The lowest BCUT2D eigenvalue weighted by molar-refractivity contribution is 0.216. The Bertz CT molecular complexity index is 251. The second kappa shape index (κ2) is 5.90. The number of hydrogen-bond acceptors (Lipinski definition) is 3. The highest BCUT2D eigenvalue weighted by Crippen LogP contribution is 2.10. The highest BCUT2D eigenvalue weighted by molar-refractivity contribution is 7.89. The van der Waals surface area contributed by atoms with Crippen LogP contribution in [0, 0.1) is 0 Å². The van der Waals surface area contributed by atoms with Crippen molar-refractivity contribution in [3.63, 3.8) is 0 Å². The van der Waals surface area contributed by atoms with Gasteiger partial charge in [0.15, 0.2) is 0 Å². The Labute approximate surface area is 91.0 Å². The van der Waals surface area contributed by atoms with E-state index in [0.29, 0.717) is 12.3 Å². The zero-order valence-corrected chi connectivity index (χ0v) is 10.4. The van der Waals surface area contributed by atoms with Gasteiger partial charge in [0.1, 0.15) is 0 Å². The minimum absolute atomic E-state index is 0.0186. The van der Waals surface area contributed by atoms with Gasteiger partial charge < -0.3 is 4.74 Å². The van der Waals surface area contributed by atoms with Gasteiger partial charge in [0, 0.05) is 18.5 Å². The van der Waals surface area contributed by atoms with Crippen LogP contribution < -0.4 is 4.72 Å². The molecule has 14 heavy (non-hydrogen) atoms. The van der Waals surface area contributed by atoms with E-state index in [4.69, 9.17) is 16.3 Å². The summed E-state index contributed by atoms with van der Waals surface area (Å²) in [6.45, 7) is 3.81. The van der Waals surface area contributed by atoms with E-state index in [2.05, 4.69) is 4.72 Å². The van der Waals surface area contributed by atoms with Gasteiger partial charge in [0.2, 0.25) is 10.0 Å². The smallest absolute Gasteiger partial charge is 0.214 e. The van der Waals surface area contributed by atoms with Gasteiger partial charge in [-0.2, -0.15) is 0 Å². The molecule has 0 fully saturated rings. The van der Waals surface area contributed by atoms with Crippen LogP contribution in [0.1, 0.15) is 20.3 Å². The number of rotatable bonds is 7. The molecule has 0 atom stereocenters. The first-order chi connectivity index (χ1) is 6.33. The third-order valence-electron chi connectivity index (χ3n) is 1.71. The minimum atomic E-state index is -3.26. The molecule has 0 aliphatic heterocycles. The van der Waals surface area contributed by atoms with Crippen molar-refractivity contribution in [3.8, 4) is 0 Å². The minimum Gasteiger partial charge on any atom is -0.384 e. The number of sulfonamides is 1. The van der Waals surface area contributed by atoms with E-state index in [0.717, 1.165) is 0 Å². The van der Waals surface area contributed by atoms with Crippen LogP contribution >= 0.6 is 11.6 Å². The normalized spacial score (nSPS) is 13.1. The zero-order chi connectivity index (χ0) is 11.2. The lowest BCUT2D eigenvalue weighted by Gasteiger charge is -2.24. The lowest BCUT2D eigenvalue weighted by atomic mass is 10.0. The van der Waals surface area contributed by atoms with Gasteiger partial charge in [-0.3, -0.25) is 0 Å². The van der Waals surface area contributed by atoms with Crippen LogP contribution in [0.5, 0.6) is 0 Å². The molecule has 0 aromatic heterocycles. The molecule has 0 saturated carbocycles. The van der Waals surface area contributed by atoms with Gasteiger partial charge in [-0.15, -0.1) is 11.6 Å². The molecule has 1 N–H and O–H groups in total. The maximum atomic E-state index is 11.4. The summed E-state index contributed by atoms with van der Waals surface area (Å²) in [5.41, 5.74) is -0.492. The SMILES string of the molecule is COCCS(=O)(=O)NC(C)(C)CCCl. The fraction of sp³-hybridized carbons (Fsp3) is 1.00. The number of nitrogens with one attached hydrogen (secondary N) is 1. The average molecular weight is 244 g/mol. The average Bonchev–Trinajstić information content (AvgIpc) is 1.98. The molecule has 0 saturated heterocycles. The van der Waals surface area contributed by atoms with Crippen molar-refractivity contribution < 1.29 is 13.2 Å². The van der Waals surface area contributed by atoms with E-state index in [1.54, 1.807) is 13.8 Å². The van der Waals surface area contributed by atoms with Crippen molar-refractivity contribution in [1.29, 1.82) is 0 Å². The van der Waals surface area contributed by atoms with Crippen molar-refractivity contribution in [2.24, 2.45) is 0 Å². The number of ether oxygens (including phenoxy) is 1. The van der Waals surface area contributed by atoms with Gasteiger partial charge in [-0.1, -0.05) is 0 Å². The number of hydrogen-bond donors (Lipinski definition) is 1. The summed E-state index contributed by atoms with van der Waals surface area (Å²) in [5, 5.41) is 0. The Balaban J connectivity index is 4.20. The van der Waals surface area contributed by atoms with E-state index < -0.39 is 15.6 Å². The fourth-order valence-corrected chi connectivity index (χ4v) is 2.86. The molecule has 86 valence electrons. The summed E-state index contributed by atoms with van der Waals surface area (Å²) in [6, 6.07) is 0. The van der Waals surface area contributed by atoms with Crippen molar-refractivity contribution in [1.82, 2.24) is 4.72 Å². The monoisotopic (exact) mass is 243 g/mol. The van der Waals surface area contributed by atoms with Crippen LogP contribution in [0.4, 0.5) is 0 Å². The number of halogens is 1. The molecule has 0 aliphatic rings. The standard InChI is InChI=1S/C8H18ClNO3S/c1-8(2,4-5-9)10-14(11,12)7-6-13-3/h10H,4-7H2,1-3H3. The third-order valence-corrected chi connectivity index (χ3v) is 3.46. The molecule has 4 nitrogen and oxygen atoms in total. The van der Waals surface area contributed by atoms with E-state index in [-0.39, 0.29) is 12.4 Å². The predicted octanol–water partition coefficient (Wildman–Crippen LogP) is 0.960. The molecule has 0 rings (SSSR count). The largest absolute Gasteiger partial charge is 0.384 e. The Morgan fingerprint density at radius 3 is 2.43 bits per heavy atom. The summed E-state index contributed by atoms with van der Waals surface area (Å²) < 4.78 is 30.2. The maximum Gasteiger partial charge on any atom is 0.214 e. The molecule has 0 aliphatic carbocycles. The summed E-state index contributed by atoms with van der Waals surface area (Å²) in [4.78, 5) is 0. The molecule has 0 aromatic rings. The van der Waals surface area contributed by atoms with E-state index in [9.17, 15) is 8.42 Å². The van der Waals surface area contributed by atoms with Crippen LogP contribution in [-0.2, 0) is 14.8 Å². The molecular weight excluding hydrogens is 226 g/mol. The molecule has 0 aromatic carbocycles. The molecule has 0 unspecified atom stereocenters. The van der Waals surface area contributed by atoms with Gasteiger partial charge >= 0.3 is 0 Å². The molecule has 0 radical (unpaired) electrons. The quantitative estimate of drug-likeness (QED) is 0.678. The summed E-state index contributed by atoms with van der Waals surface area (Å²) >= 11 is 5.56. The molecule has 0 spiro atoms. The highest BCUT2D eigenvalue weighted by atomic mass is 35.5. The van der Waals surface area contributed by atoms with Crippen LogP contribution in [-0.4, -0.2) is 39.3 Å². The first kappa shape index (κ1) is 14.2. The summed E-state index contributed by atoms with van der Waals surface area (Å²) in [7, 11) is -1.79. The summed E-state index contributed by atoms with van der Waals surface area (Å²) in [5.74, 6) is 0.412. The van der Waals surface area contributed by atoms with Gasteiger partial charge in [-0.25, -0.2) is 13.1 Å². The first-order valence-electron chi connectivity index (χ1n) is 4.39.